The lowest BCUT2D eigenvalue weighted by Gasteiger charge is -2.21. The van der Waals surface area contributed by atoms with Crippen LogP contribution in [0.2, 0.25) is 0 Å². The van der Waals surface area contributed by atoms with Crippen LogP contribution in [0.5, 0.6) is 0 Å². The van der Waals surface area contributed by atoms with Gasteiger partial charge in [-0.05, 0) is 13.3 Å². The van der Waals surface area contributed by atoms with E-state index in [4.69, 9.17) is 24.4 Å². The molecule has 5 heteroatoms. The van der Waals surface area contributed by atoms with Crippen molar-refractivity contribution >= 4 is 0 Å². The van der Waals surface area contributed by atoms with Gasteiger partial charge in [-0.15, -0.1) is 0 Å². The van der Waals surface area contributed by atoms with E-state index in [0.717, 1.165) is 12.8 Å². The van der Waals surface area contributed by atoms with Crippen LogP contribution in [-0.2, 0) is 14.2 Å². The first-order chi connectivity index (χ1) is 8.24. The maximum atomic E-state index is 8.72. The summed E-state index contributed by atoms with van der Waals surface area (Å²) in [6.07, 6.45) is 2.28. The summed E-state index contributed by atoms with van der Waals surface area (Å²) in [4.78, 5) is 0. The maximum absolute atomic E-state index is 8.72. The standard InChI is InChI=1S/C12H26O5/c1-3-4-7-16-12(17-9-6-14)10-11(2)15-8-5-13/h11-14H,3-10H2,1-2H3. The highest BCUT2D eigenvalue weighted by Crippen LogP contribution is 2.08. The SMILES string of the molecule is CCCCOC(CC(C)OCCO)OCCO. The van der Waals surface area contributed by atoms with Gasteiger partial charge in [0.1, 0.15) is 0 Å². The van der Waals surface area contributed by atoms with E-state index in [1.54, 1.807) is 0 Å². The zero-order valence-electron chi connectivity index (χ0n) is 10.9. The first-order valence-electron chi connectivity index (χ1n) is 6.31. The van der Waals surface area contributed by atoms with Crippen LogP contribution >= 0.6 is 0 Å². The lowest BCUT2D eigenvalue weighted by molar-refractivity contribution is -0.166. The molecule has 2 N–H and O–H groups in total. The van der Waals surface area contributed by atoms with Crippen molar-refractivity contribution in [3.8, 4) is 0 Å². The average Bonchev–Trinajstić information content (AvgIpc) is 2.33. The molecule has 5 nitrogen and oxygen atoms in total. The van der Waals surface area contributed by atoms with E-state index in [2.05, 4.69) is 6.92 Å². The molecule has 0 aromatic rings. The van der Waals surface area contributed by atoms with Gasteiger partial charge in [-0.1, -0.05) is 13.3 Å². The quantitative estimate of drug-likeness (QED) is 0.398. The number of unbranched alkanes of at least 4 members (excludes halogenated alkanes) is 1. The molecule has 0 aliphatic carbocycles. The molecule has 0 saturated heterocycles. The second kappa shape index (κ2) is 12.3. The van der Waals surface area contributed by atoms with Crippen molar-refractivity contribution in [1.29, 1.82) is 0 Å². The van der Waals surface area contributed by atoms with Crippen LogP contribution in [-0.4, -0.2) is 55.6 Å². The largest absolute Gasteiger partial charge is 0.394 e. The zero-order chi connectivity index (χ0) is 12.9. The molecule has 0 aromatic carbocycles. The van der Waals surface area contributed by atoms with Crippen LogP contribution < -0.4 is 0 Å². The van der Waals surface area contributed by atoms with E-state index in [1.165, 1.54) is 0 Å². The molecule has 0 rings (SSSR count). The van der Waals surface area contributed by atoms with E-state index in [0.29, 0.717) is 19.6 Å². The Kier molecular flexibility index (Phi) is 12.1. The molecule has 17 heavy (non-hydrogen) atoms. The van der Waals surface area contributed by atoms with Crippen molar-refractivity contribution in [2.24, 2.45) is 0 Å². The molecule has 0 radical (unpaired) electrons. The number of ether oxygens (including phenoxy) is 3. The molecule has 0 fully saturated rings. The topological polar surface area (TPSA) is 68.2 Å². The third-order valence-electron chi connectivity index (χ3n) is 2.21. The zero-order valence-corrected chi connectivity index (χ0v) is 10.9. The Bertz CT molecular complexity index is 154. The molecule has 0 aliphatic rings. The van der Waals surface area contributed by atoms with Gasteiger partial charge in [0.15, 0.2) is 6.29 Å². The van der Waals surface area contributed by atoms with E-state index in [-0.39, 0.29) is 32.2 Å². The highest BCUT2D eigenvalue weighted by atomic mass is 16.7. The molecule has 0 amide bonds. The Balaban J connectivity index is 3.81. The van der Waals surface area contributed by atoms with Crippen LogP contribution in [0.3, 0.4) is 0 Å². The number of aliphatic hydroxyl groups is 2. The molecule has 104 valence electrons. The summed E-state index contributed by atoms with van der Waals surface area (Å²) in [7, 11) is 0. The van der Waals surface area contributed by atoms with Crippen molar-refractivity contribution in [1.82, 2.24) is 0 Å². The number of hydrogen-bond acceptors (Lipinski definition) is 5. The van der Waals surface area contributed by atoms with Gasteiger partial charge in [-0.2, -0.15) is 0 Å². The Labute approximate surface area is 104 Å². The Morgan fingerprint density at radius 3 is 2.12 bits per heavy atom. The lowest BCUT2D eigenvalue weighted by Crippen LogP contribution is -2.26. The van der Waals surface area contributed by atoms with E-state index >= 15 is 0 Å². The van der Waals surface area contributed by atoms with Crippen molar-refractivity contribution in [2.45, 2.75) is 45.5 Å². The highest BCUT2D eigenvalue weighted by Gasteiger charge is 2.14. The summed E-state index contributed by atoms with van der Waals surface area (Å²) in [5, 5.41) is 17.4. The molecule has 0 spiro atoms. The van der Waals surface area contributed by atoms with Crippen molar-refractivity contribution in [3.05, 3.63) is 0 Å². The summed E-state index contributed by atoms with van der Waals surface area (Å²) < 4.78 is 16.3. The van der Waals surface area contributed by atoms with Crippen LogP contribution in [0.4, 0.5) is 0 Å². The van der Waals surface area contributed by atoms with Gasteiger partial charge in [-0.3, -0.25) is 0 Å². The fraction of sp³-hybridized carbons (Fsp3) is 1.00. The Morgan fingerprint density at radius 2 is 1.53 bits per heavy atom. The van der Waals surface area contributed by atoms with E-state index in [1.807, 2.05) is 6.92 Å². The minimum absolute atomic E-state index is 0.0144. The molecule has 0 saturated carbocycles. The van der Waals surface area contributed by atoms with Gasteiger partial charge in [0.25, 0.3) is 0 Å². The van der Waals surface area contributed by atoms with Crippen LogP contribution in [0.25, 0.3) is 0 Å². The third-order valence-corrected chi connectivity index (χ3v) is 2.21. The Hall–Kier alpha value is -0.200. The Morgan fingerprint density at radius 1 is 0.941 bits per heavy atom. The molecular formula is C12H26O5. The minimum Gasteiger partial charge on any atom is -0.394 e. The van der Waals surface area contributed by atoms with Gasteiger partial charge >= 0.3 is 0 Å². The minimum atomic E-state index is -0.345. The van der Waals surface area contributed by atoms with Gasteiger partial charge < -0.3 is 24.4 Å². The lowest BCUT2D eigenvalue weighted by atomic mass is 10.2. The van der Waals surface area contributed by atoms with Gasteiger partial charge in [-0.25, -0.2) is 0 Å². The van der Waals surface area contributed by atoms with E-state index < -0.39 is 0 Å². The maximum Gasteiger partial charge on any atom is 0.160 e. The van der Waals surface area contributed by atoms with Crippen LogP contribution in [0, 0.1) is 0 Å². The first kappa shape index (κ1) is 16.8. The van der Waals surface area contributed by atoms with Crippen molar-refractivity contribution in [2.75, 3.05) is 33.0 Å². The predicted octanol–water partition coefficient (Wildman–Crippen LogP) is 0.926. The summed E-state index contributed by atoms with van der Waals surface area (Å²) in [6.45, 7) is 5.25. The number of aliphatic hydroxyl groups excluding tert-OH is 2. The fourth-order valence-corrected chi connectivity index (χ4v) is 1.32. The van der Waals surface area contributed by atoms with E-state index in [9.17, 15) is 0 Å². The molecular weight excluding hydrogens is 224 g/mol. The highest BCUT2D eigenvalue weighted by molar-refractivity contribution is 4.55. The average molecular weight is 250 g/mol. The normalized spacial score (nSPS) is 14.8. The van der Waals surface area contributed by atoms with Gasteiger partial charge in [0.2, 0.25) is 0 Å². The molecule has 0 aliphatic heterocycles. The summed E-state index contributed by atoms with van der Waals surface area (Å²) in [6, 6.07) is 0. The monoisotopic (exact) mass is 250 g/mol. The smallest absolute Gasteiger partial charge is 0.160 e. The molecule has 0 aromatic heterocycles. The molecule has 2 unspecified atom stereocenters. The first-order valence-corrected chi connectivity index (χ1v) is 6.31. The molecule has 0 heterocycles. The third kappa shape index (κ3) is 10.7. The second-order valence-corrected chi connectivity index (χ2v) is 3.89. The summed E-state index contributed by atoms with van der Waals surface area (Å²) >= 11 is 0. The van der Waals surface area contributed by atoms with Gasteiger partial charge in [0, 0.05) is 13.0 Å². The number of rotatable bonds is 12. The van der Waals surface area contributed by atoms with Crippen molar-refractivity contribution < 1.29 is 24.4 Å². The van der Waals surface area contributed by atoms with Crippen LogP contribution in [0.1, 0.15) is 33.1 Å². The summed E-state index contributed by atoms with van der Waals surface area (Å²) in [5.74, 6) is 0. The molecule has 0 bridgehead atoms. The van der Waals surface area contributed by atoms with Gasteiger partial charge in [0.05, 0.1) is 32.5 Å². The van der Waals surface area contributed by atoms with Crippen molar-refractivity contribution in [3.63, 3.8) is 0 Å². The molecule has 2 atom stereocenters. The fourth-order valence-electron chi connectivity index (χ4n) is 1.32. The summed E-state index contributed by atoms with van der Waals surface area (Å²) in [5.41, 5.74) is 0. The number of hydrogen-bond donors (Lipinski definition) is 2. The predicted molar refractivity (Wildman–Crippen MR) is 64.8 cm³/mol. The van der Waals surface area contributed by atoms with Crippen LogP contribution in [0.15, 0.2) is 0 Å². The second-order valence-electron chi connectivity index (χ2n) is 3.89.